The minimum absolute atomic E-state index is 0.499. The van der Waals surface area contributed by atoms with Gasteiger partial charge in [-0.05, 0) is 6.42 Å². The van der Waals surface area contributed by atoms with E-state index in [-0.39, 0.29) is 0 Å². The van der Waals surface area contributed by atoms with Gasteiger partial charge in [-0.25, -0.2) is 0 Å². The lowest BCUT2D eigenvalue weighted by atomic mass is 10.2. The third-order valence-electron chi connectivity index (χ3n) is 1.51. The van der Waals surface area contributed by atoms with E-state index in [2.05, 4.69) is 5.10 Å². The zero-order valence-corrected chi connectivity index (χ0v) is 7.01. The van der Waals surface area contributed by atoms with E-state index >= 15 is 0 Å². The van der Waals surface area contributed by atoms with Crippen LogP contribution in [0.15, 0.2) is 6.20 Å². The highest BCUT2D eigenvalue weighted by atomic mass is 35.5. The Morgan fingerprint density at radius 1 is 1.82 bits per heavy atom. The maximum atomic E-state index is 10.0. The number of aldehydes is 1. The highest BCUT2D eigenvalue weighted by Crippen LogP contribution is 2.14. The number of nitrogens with zero attached hydrogens (tertiary/aromatic N) is 2. The lowest BCUT2D eigenvalue weighted by Gasteiger charge is -1.97. The average Bonchev–Trinajstić information content (AvgIpc) is 2.29. The molecule has 0 spiro atoms. The van der Waals surface area contributed by atoms with Crippen LogP contribution in [0.2, 0.25) is 5.02 Å². The summed E-state index contributed by atoms with van der Waals surface area (Å²) in [6.45, 7) is 0. The lowest BCUT2D eigenvalue weighted by molar-refractivity contribution is -0.107. The molecule has 0 unspecified atom stereocenters. The maximum Gasteiger partial charge on any atom is 0.120 e. The summed E-state index contributed by atoms with van der Waals surface area (Å²) < 4.78 is 1.69. The molecular formula is C7H9ClN2O. The van der Waals surface area contributed by atoms with Crippen molar-refractivity contribution in [3.8, 4) is 0 Å². The van der Waals surface area contributed by atoms with Crippen LogP contribution in [-0.2, 0) is 18.3 Å². The number of halogens is 1. The second kappa shape index (κ2) is 3.53. The summed E-state index contributed by atoms with van der Waals surface area (Å²) >= 11 is 5.78. The Bertz CT molecular complexity index is 237. The summed E-state index contributed by atoms with van der Waals surface area (Å²) in [5, 5.41) is 4.57. The molecule has 60 valence electrons. The van der Waals surface area contributed by atoms with Crippen LogP contribution in [0.4, 0.5) is 0 Å². The Labute approximate surface area is 70.0 Å². The molecule has 3 nitrogen and oxygen atoms in total. The standard InChI is InChI=1S/C7H9ClN2O/c1-10-7(3-2-4-11)6(8)5-9-10/h4-5H,2-3H2,1H3. The van der Waals surface area contributed by atoms with E-state index < -0.39 is 0 Å². The molecule has 0 saturated heterocycles. The van der Waals surface area contributed by atoms with E-state index in [1.54, 1.807) is 10.9 Å². The number of carbonyl (C=O) groups excluding carboxylic acids is 1. The molecule has 0 aliphatic rings. The van der Waals surface area contributed by atoms with E-state index in [1.807, 2.05) is 7.05 Å². The van der Waals surface area contributed by atoms with Crippen molar-refractivity contribution in [3.63, 3.8) is 0 Å². The Hall–Kier alpha value is -0.830. The van der Waals surface area contributed by atoms with Crippen LogP contribution in [0, 0.1) is 0 Å². The average molecular weight is 173 g/mol. The molecule has 0 atom stereocenters. The van der Waals surface area contributed by atoms with Crippen molar-refractivity contribution < 1.29 is 4.79 Å². The topological polar surface area (TPSA) is 34.9 Å². The highest BCUT2D eigenvalue weighted by molar-refractivity contribution is 6.31. The quantitative estimate of drug-likeness (QED) is 0.643. The Morgan fingerprint density at radius 3 is 3.00 bits per heavy atom. The number of aromatic nitrogens is 2. The molecule has 11 heavy (non-hydrogen) atoms. The van der Waals surface area contributed by atoms with Gasteiger partial charge < -0.3 is 4.79 Å². The van der Waals surface area contributed by atoms with Gasteiger partial charge in [0.15, 0.2) is 0 Å². The zero-order chi connectivity index (χ0) is 8.27. The second-order valence-electron chi connectivity index (χ2n) is 2.27. The smallest absolute Gasteiger partial charge is 0.120 e. The number of rotatable bonds is 3. The fraction of sp³-hybridized carbons (Fsp3) is 0.429. The molecule has 0 amide bonds. The van der Waals surface area contributed by atoms with E-state index in [0.717, 1.165) is 12.0 Å². The summed E-state index contributed by atoms with van der Waals surface area (Å²) in [7, 11) is 1.81. The predicted molar refractivity (Wildman–Crippen MR) is 42.6 cm³/mol. The monoisotopic (exact) mass is 172 g/mol. The molecule has 1 aromatic rings. The Balaban J connectivity index is 2.74. The summed E-state index contributed by atoms with van der Waals surface area (Å²) in [6, 6.07) is 0. The van der Waals surface area contributed by atoms with Crippen molar-refractivity contribution >= 4 is 17.9 Å². The molecule has 0 aliphatic carbocycles. The molecule has 0 fully saturated rings. The first-order chi connectivity index (χ1) is 5.25. The Kier molecular flexibility index (Phi) is 2.65. The molecule has 0 aliphatic heterocycles. The zero-order valence-electron chi connectivity index (χ0n) is 6.25. The van der Waals surface area contributed by atoms with Gasteiger partial charge >= 0.3 is 0 Å². The third-order valence-corrected chi connectivity index (χ3v) is 1.83. The van der Waals surface area contributed by atoms with Gasteiger partial charge in [-0.15, -0.1) is 0 Å². The van der Waals surface area contributed by atoms with Gasteiger partial charge in [-0.2, -0.15) is 5.10 Å². The lowest BCUT2D eigenvalue weighted by Crippen LogP contribution is -1.98. The second-order valence-corrected chi connectivity index (χ2v) is 2.68. The highest BCUT2D eigenvalue weighted by Gasteiger charge is 2.04. The summed E-state index contributed by atoms with van der Waals surface area (Å²) in [5.41, 5.74) is 0.916. The van der Waals surface area contributed by atoms with Crippen LogP contribution in [0.25, 0.3) is 0 Å². The molecule has 0 N–H and O–H groups in total. The number of carbonyl (C=O) groups is 1. The predicted octanol–water partition coefficient (Wildman–Crippen LogP) is 1.21. The first-order valence-electron chi connectivity index (χ1n) is 3.35. The molecule has 1 heterocycles. The van der Waals surface area contributed by atoms with E-state index in [4.69, 9.17) is 11.6 Å². The van der Waals surface area contributed by atoms with Crippen LogP contribution in [-0.4, -0.2) is 16.1 Å². The van der Waals surface area contributed by atoms with Gasteiger partial charge in [0.05, 0.1) is 16.9 Å². The molecular weight excluding hydrogens is 164 g/mol. The van der Waals surface area contributed by atoms with Gasteiger partial charge in [0.2, 0.25) is 0 Å². The van der Waals surface area contributed by atoms with Crippen LogP contribution < -0.4 is 0 Å². The van der Waals surface area contributed by atoms with E-state index in [0.29, 0.717) is 17.9 Å². The minimum atomic E-state index is 0.499. The SMILES string of the molecule is Cn1ncc(Cl)c1CCC=O. The molecule has 4 heteroatoms. The minimum Gasteiger partial charge on any atom is -0.303 e. The van der Waals surface area contributed by atoms with Gasteiger partial charge in [-0.3, -0.25) is 4.68 Å². The first kappa shape index (κ1) is 8.27. The summed E-state index contributed by atoms with van der Waals surface area (Å²) in [5.74, 6) is 0. The summed E-state index contributed by atoms with van der Waals surface area (Å²) in [6.07, 6.45) is 3.63. The largest absolute Gasteiger partial charge is 0.303 e. The van der Waals surface area contributed by atoms with Crippen LogP contribution in [0.5, 0.6) is 0 Å². The third kappa shape index (κ3) is 1.80. The normalized spacial score (nSPS) is 10.0. The molecule has 0 aromatic carbocycles. The molecule has 1 aromatic heterocycles. The molecule has 1 rings (SSSR count). The van der Waals surface area contributed by atoms with Gasteiger partial charge in [0.25, 0.3) is 0 Å². The molecule has 0 saturated carbocycles. The number of hydrogen-bond donors (Lipinski definition) is 0. The first-order valence-corrected chi connectivity index (χ1v) is 3.73. The van der Waals surface area contributed by atoms with Gasteiger partial charge in [0.1, 0.15) is 6.29 Å². The van der Waals surface area contributed by atoms with Crippen molar-refractivity contribution in [2.75, 3.05) is 0 Å². The van der Waals surface area contributed by atoms with E-state index in [1.165, 1.54) is 0 Å². The van der Waals surface area contributed by atoms with Crippen LogP contribution >= 0.6 is 11.6 Å². The van der Waals surface area contributed by atoms with Gasteiger partial charge in [-0.1, -0.05) is 11.6 Å². The van der Waals surface area contributed by atoms with Crippen molar-refractivity contribution in [2.24, 2.45) is 7.05 Å². The fourth-order valence-electron chi connectivity index (χ4n) is 0.913. The maximum absolute atomic E-state index is 10.0. The number of aryl methyl sites for hydroxylation is 1. The summed E-state index contributed by atoms with van der Waals surface area (Å²) in [4.78, 5) is 10.0. The molecule has 0 bridgehead atoms. The number of hydrogen-bond acceptors (Lipinski definition) is 2. The van der Waals surface area contributed by atoms with Gasteiger partial charge in [0, 0.05) is 13.5 Å². The van der Waals surface area contributed by atoms with Crippen molar-refractivity contribution in [3.05, 3.63) is 16.9 Å². The van der Waals surface area contributed by atoms with Crippen molar-refractivity contribution in [1.82, 2.24) is 9.78 Å². The fourth-order valence-corrected chi connectivity index (χ4v) is 1.17. The van der Waals surface area contributed by atoms with Crippen LogP contribution in [0.1, 0.15) is 12.1 Å². The Morgan fingerprint density at radius 2 is 2.55 bits per heavy atom. The molecule has 0 radical (unpaired) electrons. The van der Waals surface area contributed by atoms with Crippen LogP contribution in [0.3, 0.4) is 0 Å². The van der Waals surface area contributed by atoms with E-state index in [9.17, 15) is 4.79 Å². The van der Waals surface area contributed by atoms with Crippen molar-refractivity contribution in [1.29, 1.82) is 0 Å². The van der Waals surface area contributed by atoms with Crippen molar-refractivity contribution in [2.45, 2.75) is 12.8 Å².